The molecule has 0 bridgehead atoms. The van der Waals surface area contributed by atoms with Gasteiger partial charge in [0.15, 0.2) is 11.6 Å². The van der Waals surface area contributed by atoms with Gasteiger partial charge in [0.05, 0.1) is 13.2 Å². The van der Waals surface area contributed by atoms with Gasteiger partial charge >= 0.3 is 5.97 Å². The van der Waals surface area contributed by atoms with Gasteiger partial charge in [-0.3, -0.25) is 4.68 Å². The van der Waals surface area contributed by atoms with Gasteiger partial charge in [0.25, 0.3) is 0 Å². The van der Waals surface area contributed by atoms with Gasteiger partial charge in [0.1, 0.15) is 11.1 Å². The summed E-state index contributed by atoms with van der Waals surface area (Å²) in [4.78, 5) is 15.4. The molecule has 9 nitrogen and oxygen atoms in total. The summed E-state index contributed by atoms with van der Waals surface area (Å²) in [7, 11) is 0. The molecule has 0 fully saturated rings. The number of esters is 1. The highest BCUT2D eigenvalue weighted by Crippen LogP contribution is 2.43. The molecule has 8 rings (SSSR count). The predicted octanol–water partition coefficient (Wildman–Crippen LogP) is 9.69. The van der Waals surface area contributed by atoms with Crippen LogP contribution in [0.4, 0.5) is 5.82 Å². The van der Waals surface area contributed by atoms with Gasteiger partial charge in [-0.05, 0) is 62.7 Å². The first kappa shape index (κ1) is 37.8. The molecule has 8 aromatic rings. The molecule has 2 heterocycles. The average molecular weight is 764 g/mol. The number of hydrogen-bond acceptors (Lipinski definition) is 7. The van der Waals surface area contributed by atoms with Crippen molar-refractivity contribution in [3.05, 3.63) is 209 Å². The Balaban J connectivity index is 1.16. The lowest BCUT2D eigenvalue weighted by Crippen LogP contribution is -2.39. The van der Waals surface area contributed by atoms with Crippen molar-refractivity contribution in [3.63, 3.8) is 0 Å². The van der Waals surface area contributed by atoms with E-state index in [1.165, 1.54) is 0 Å². The van der Waals surface area contributed by atoms with Gasteiger partial charge in [0.2, 0.25) is 0 Å². The molecule has 6 aromatic carbocycles. The van der Waals surface area contributed by atoms with E-state index in [1.807, 2.05) is 64.8 Å². The van der Waals surface area contributed by atoms with Crippen LogP contribution in [-0.4, -0.2) is 49.1 Å². The van der Waals surface area contributed by atoms with Gasteiger partial charge in [0, 0.05) is 24.8 Å². The quantitative estimate of drug-likeness (QED) is 0.0759. The molecule has 0 radical (unpaired) electrons. The average Bonchev–Trinajstić information content (AvgIpc) is 3.94. The first-order valence-electron chi connectivity index (χ1n) is 19.8. The van der Waals surface area contributed by atoms with Crippen LogP contribution in [0.15, 0.2) is 176 Å². The summed E-state index contributed by atoms with van der Waals surface area (Å²) < 4.78 is 9.29. The number of benzene rings is 6. The second-order valence-corrected chi connectivity index (χ2v) is 14.2. The maximum atomic E-state index is 13.2. The largest absolute Gasteiger partial charge is 0.462 e. The Labute approximate surface area is 339 Å². The van der Waals surface area contributed by atoms with E-state index in [-0.39, 0.29) is 12.6 Å². The molecule has 0 amide bonds. The van der Waals surface area contributed by atoms with E-state index >= 15 is 0 Å². The number of anilines is 1. The zero-order valence-corrected chi connectivity index (χ0v) is 32.7. The molecule has 288 valence electrons. The van der Waals surface area contributed by atoms with E-state index in [9.17, 15) is 4.79 Å². The zero-order valence-electron chi connectivity index (χ0n) is 32.7. The zero-order chi connectivity index (χ0) is 39.7. The van der Waals surface area contributed by atoms with Gasteiger partial charge in [-0.15, -0.1) is 5.10 Å². The highest BCUT2D eigenvalue weighted by atomic mass is 16.5. The summed E-state index contributed by atoms with van der Waals surface area (Å²) in [6.45, 7) is 6.07. The number of carbonyl (C=O) groups excluding carboxylic acids is 1. The third-order valence-corrected chi connectivity index (χ3v) is 10.4. The molecule has 58 heavy (non-hydrogen) atoms. The summed E-state index contributed by atoms with van der Waals surface area (Å²) in [5.74, 6) is 0.891. The number of rotatable bonds is 15. The molecule has 9 heteroatoms. The van der Waals surface area contributed by atoms with Crippen LogP contribution in [0, 0.1) is 0 Å². The number of tetrazole rings is 1. The molecule has 0 N–H and O–H groups in total. The van der Waals surface area contributed by atoms with Crippen molar-refractivity contribution < 1.29 is 9.53 Å². The maximum absolute atomic E-state index is 13.2. The second kappa shape index (κ2) is 17.3. The first-order chi connectivity index (χ1) is 28.6. The van der Waals surface area contributed by atoms with Crippen molar-refractivity contribution >= 4 is 11.8 Å². The van der Waals surface area contributed by atoms with E-state index in [1.54, 1.807) is 6.20 Å². The van der Waals surface area contributed by atoms with Crippen LogP contribution < -0.4 is 4.90 Å². The van der Waals surface area contributed by atoms with Gasteiger partial charge in [-0.1, -0.05) is 177 Å². The number of hydrogen-bond donors (Lipinski definition) is 0. The van der Waals surface area contributed by atoms with Crippen LogP contribution in [0.2, 0.25) is 0 Å². The lowest BCUT2D eigenvalue weighted by atomic mass is 9.77. The van der Waals surface area contributed by atoms with Crippen molar-refractivity contribution in [2.45, 2.75) is 38.9 Å². The fourth-order valence-corrected chi connectivity index (χ4v) is 7.80. The van der Waals surface area contributed by atoms with E-state index in [2.05, 4.69) is 138 Å². The van der Waals surface area contributed by atoms with Crippen molar-refractivity contribution in [1.82, 2.24) is 30.0 Å². The predicted molar refractivity (Wildman–Crippen MR) is 228 cm³/mol. The molecular formula is C49H45N7O2. The SMILES string of the molecule is CCCN(Cc1ccc(-c2ccccc2-c2nnnn2C(c2ccccc2)(c2ccccc2)c2ccccc2)cc1)c1nn(Cc2ccccc2)cc1C(=O)OCC. The normalized spacial score (nSPS) is 11.3. The highest BCUT2D eigenvalue weighted by Gasteiger charge is 2.42. The standard InChI is InChI=1S/C49H45N7O2/c1-3-33-54(47-45(48(57)58-4-2)36-55(51-47)35-37-19-9-5-10-20-37)34-38-29-31-39(32-30-38)43-27-17-18-28-44(43)46-50-52-53-56(46)49(40-21-11-6-12-22-40,41-23-13-7-14-24-41)42-25-15-8-16-26-42/h5-32,36H,3-4,33-35H2,1-2H3. The van der Waals surface area contributed by atoms with Gasteiger partial charge < -0.3 is 9.64 Å². The van der Waals surface area contributed by atoms with Gasteiger partial charge in [-0.25, -0.2) is 9.48 Å². The van der Waals surface area contributed by atoms with E-state index in [4.69, 9.17) is 20.1 Å². The van der Waals surface area contributed by atoms with E-state index < -0.39 is 5.54 Å². The topological polar surface area (TPSA) is 91.0 Å². The van der Waals surface area contributed by atoms with Crippen molar-refractivity contribution in [3.8, 4) is 22.5 Å². The first-order valence-corrected chi connectivity index (χ1v) is 19.8. The Morgan fingerprint density at radius 2 is 1.21 bits per heavy atom. The number of carbonyl (C=O) groups is 1. The molecule has 0 unspecified atom stereocenters. The van der Waals surface area contributed by atoms with Crippen LogP contribution in [0.25, 0.3) is 22.5 Å². The summed E-state index contributed by atoms with van der Waals surface area (Å²) in [6, 6.07) is 58.3. The van der Waals surface area contributed by atoms with E-state index in [0.29, 0.717) is 36.8 Å². The van der Waals surface area contributed by atoms with Crippen LogP contribution in [0.5, 0.6) is 0 Å². The molecule has 0 atom stereocenters. The highest BCUT2D eigenvalue weighted by molar-refractivity contribution is 5.94. The van der Waals surface area contributed by atoms with Crippen molar-refractivity contribution in [1.29, 1.82) is 0 Å². The molecule has 0 aliphatic rings. The minimum Gasteiger partial charge on any atom is -0.462 e. The number of nitrogens with zero attached hydrogens (tertiary/aromatic N) is 7. The smallest absolute Gasteiger partial charge is 0.343 e. The molecule has 2 aromatic heterocycles. The monoisotopic (exact) mass is 763 g/mol. The Morgan fingerprint density at radius 1 is 0.655 bits per heavy atom. The van der Waals surface area contributed by atoms with Crippen molar-refractivity contribution in [2.24, 2.45) is 0 Å². The van der Waals surface area contributed by atoms with Crippen LogP contribution in [0.3, 0.4) is 0 Å². The van der Waals surface area contributed by atoms with E-state index in [0.717, 1.165) is 50.9 Å². The third kappa shape index (κ3) is 7.54. The summed E-state index contributed by atoms with van der Waals surface area (Å²) >= 11 is 0. The van der Waals surface area contributed by atoms with Crippen molar-refractivity contribution in [2.75, 3.05) is 18.1 Å². The summed E-state index contributed by atoms with van der Waals surface area (Å²) in [5, 5.41) is 18.8. The van der Waals surface area contributed by atoms with Crippen LogP contribution in [-0.2, 0) is 23.4 Å². The summed E-state index contributed by atoms with van der Waals surface area (Å²) in [5.41, 5.74) is 7.83. The molecule has 0 aliphatic heterocycles. The van der Waals surface area contributed by atoms with Gasteiger partial charge in [-0.2, -0.15) is 5.10 Å². The van der Waals surface area contributed by atoms with Crippen LogP contribution >= 0.6 is 0 Å². The fraction of sp³-hybridized carbons (Fsp3) is 0.163. The maximum Gasteiger partial charge on any atom is 0.343 e. The molecular weight excluding hydrogens is 719 g/mol. The van der Waals surface area contributed by atoms with Crippen LogP contribution in [0.1, 0.15) is 58.4 Å². The Morgan fingerprint density at radius 3 is 1.78 bits per heavy atom. The molecule has 0 saturated heterocycles. The Bertz CT molecular complexity index is 2460. The molecule has 0 spiro atoms. The molecule has 0 saturated carbocycles. The molecule has 0 aliphatic carbocycles. The minimum atomic E-state index is -0.876. The fourth-order valence-electron chi connectivity index (χ4n) is 7.80. The lowest BCUT2D eigenvalue weighted by Gasteiger charge is -2.36. The number of aromatic nitrogens is 6. The lowest BCUT2D eigenvalue weighted by molar-refractivity contribution is 0.0527. The minimum absolute atomic E-state index is 0.289. The second-order valence-electron chi connectivity index (χ2n) is 14.2. The third-order valence-electron chi connectivity index (χ3n) is 10.4. The number of ether oxygens (including phenoxy) is 1. The Kier molecular flexibility index (Phi) is 11.3. The Hall–Kier alpha value is -7.13. The summed E-state index contributed by atoms with van der Waals surface area (Å²) in [6.07, 6.45) is 2.68.